The van der Waals surface area contributed by atoms with Gasteiger partial charge in [0.25, 0.3) is 0 Å². The average Bonchev–Trinajstić information content (AvgIpc) is 2.56. The van der Waals surface area contributed by atoms with Gasteiger partial charge in [-0.3, -0.25) is 4.79 Å². The second-order valence-electron chi connectivity index (χ2n) is 3.90. The molecular formula is C11H8Br3NO3. The molecule has 0 saturated carbocycles. The summed E-state index contributed by atoms with van der Waals surface area (Å²) in [5, 5.41) is 8.95. The fraction of sp³-hybridized carbons (Fsp3) is 0.273. The minimum absolute atomic E-state index is 0.0151. The molecule has 0 aromatic heterocycles. The molecule has 1 unspecified atom stereocenters. The number of aromatic carboxylic acids is 1. The van der Waals surface area contributed by atoms with Crippen molar-refractivity contribution in [1.29, 1.82) is 0 Å². The highest BCUT2D eigenvalue weighted by Gasteiger charge is 2.31. The Hall–Kier alpha value is -0.400. The van der Waals surface area contributed by atoms with E-state index in [0.717, 1.165) is 0 Å². The van der Waals surface area contributed by atoms with Gasteiger partial charge in [-0.05, 0) is 44.0 Å². The van der Waals surface area contributed by atoms with E-state index in [-0.39, 0.29) is 16.3 Å². The molecule has 1 aliphatic rings. The zero-order valence-electron chi connectivity index (χ0n) is 8.99. The summed E-state index contributed by atoms with van der Waals surface area (Å²) >= 11 is 10.1. The monoisotopic (exact) mass is 439 g/mol. The van der Waals surface area contributed by atoms with Crippen molar-refractivity contribution in [3.05, 3.63) is 26.6 Å². The van der Waals surface area contributed by atoms with Crippen LogP contribution in [0.3, 0.4) is 0 Å². The zero-order chi connectivity index (χ0) is 13.4. The molecule has 1 saturated heterocycles. The molecule has 4 nitrogen and oxygen atoms in total. The highest BCUT2D eigenvalue weighted by atomic mass is 79.9. The van der Waals surface area contributed by atoms with Crippen molar-refractivity contribution in [2.24, 2.45) is 0 Å². The third kappa shape index (κ3) is 2.62. The Kier molecular flexibility index (Phi) is 4.13. The fourth-order valence-corrected chi connectivity index (χ4v) is 4.01. The van der Waals surface area contributed by atoms with Gasteiger partial charge in [0.1, 0.15) is 0 Å². The lowest BCUT2D eigenvalue weighted by Gasteiger charge is -2.20. The van der Waals surface area contributed by atoms with Gasteiger partial charge < -0.3 is 10.0 Å². The van der Waals surface area contributed by atoms with Gasteiger partial charge in [-0.15, -0.1) is 0 Å². The van der Waals surface area contributed by atoms with E-state index >= 15 is 0 Å². The first-order valence-corrected chi connectivity index (χ1v) is 7.57. The molecule has 1 heterocycles. The number of amides is 1. The van der Waals surface area contributed by atoms with Crippen molar-refractivity contribution in [3.8, 4) is 0 Å². The molecule has 1 atom stereocenters. The number of carbonyl (C=O) groups excluding carboxylic acids is 1. The first-order valence-electron chi connectivity index (χ1n) is 5.07. The van der Waals surface area contributed by atoms with Crippen LogP contribution in [0.25, 0.3) is 0 Å². The zero-order valence-corrected chi connectivity index (χ0v) is 13.7. The molecule has 0 radical (unpaired) electrons. The van der Waals surface area contributed by atoms with E-state index in [1.165, 1.54) is 12.1 Å². The number of hydrogen-bond donors (Lipinski definition) is 1. The standard InChI is InChI=1S/C11H8Br3NO3/c12-6-3-9(16)15(4-6)10-7(13)1-5(11(17)18)2-8(10)14/h1-2,6H,3-4H2,(H,17,18). The lowest BCUT2D eigenvalue weighted by Crippen LogP contribution is -2.25. The normalized spacial score (nSPS) is 19.4. The molecule has 1 N–H and O–H groups in total. The Bertz CT molecular complexity index is 509. The molecule has 2 rings (SSSR count). The van der Waals surface area contributed by atoms with Crippen LogP contribution in [-0.2, 0) is 4.79 Å². The summed E-state index contributed by atoms with van der Waals surface area (Å²) < 4.78 is 1.17. The number of carboxylic acids is 1. The topological polar surface area (TPSA) is 57.6 Å². The van der Waals surface area contributed by atoms with Crippen LogP contribution < -0.4 is 4.90 Å². The van der Waals surface area contributed by atoms with Gasteiger partial charge in [-0.1, -0.05) is 15.9 Å². The van der Waals surface area contributed by atoms with Gasteiger partial charge in [-0.2, -0.15) is 0 Å². The number of alkyl halides is 1. The minimum Gasteiger partial charge on any atom is -0.478 e. The molecular weight excluding hydrogens is 434 g/mol. The maximum absolute atomic E-state index is 11.8. The Balaban J connectivity index is 2.46. The van der Waals surface area contributed by atoms with E-state index in [9.17, 15) is 9.59 Å². The van der Waals surface area contributed by atoms with Crippen LogP contribution in [0.15, 0.2) is 21.1 Å². The van der Waals surface area contributed by atoms with Gasteiger partial charge in [-0.25, -0.2) is 4.79 Å². The second-order valence-corrected chi connectivity index (χ2v) is 6.90. The molecule has 1 amide bonds. The van der Waals surface area contributed by atoms with Gasteiger partial charge in [0.2, 0.25) is 5.91 Å². The highest BCUT2D eigenvalue weighted by molar-refractivity contribution is 9.11. The maximum atomic E-state index is 11.8. The molecule has 0 spiro atoms. The predicted molar refractivity (Wildman–Crippen MR) is 78.5 cm³/mol. The Labute approximate surface area is 129 Å². The summed E-state index contributed by atoms with van der Waals surface area (Å²) in [6.07, 6.45) is 0.444. The number of carboxylic acid groups (broad SMARTS) is 1. The van der Waals surface area contributed by atoms with Crippen molar-refractivity contribution < 1.29 is 14.7 Å². The smallest absolute Gasteiger partial charge is 0.335 e. The summed E-state index contributed by atoms with van der Waals surface area (Å²) in [5.41, 5.74) is 0.839. The van der Waals surface area contributed by atoms with E-state index < -0.39 is 5.97 Å². The highest BCUT2D eigenvalue weighted by Crippen LogP contribution is 2.38. The van der Waals surface area contributed by atoms with E-state index in [4.69, 9.17) is 5.11 Å². The number of rotatable bonds is 2. The van der Waals surface area contributed by atoms with Crippen LogP contribution in [-0.4, -0.2) is 28.4 Å². The third-order valence-corrected chi connectivity index (χ3v) is 4.43. The summed E-state index contributed by atoms with van der Waals surface area (Å²) in [6.45, 7) is 0.572. The van der Waals surface area contributed by atoms with Crippen LogP contribution in [0.4, 0.5) is 5.69 Å². The van der Waals surface area contributed by atoms with Crippen molar-refractivity contribution in [1.82, 2.24) is 0 Å². The second kappa shape index (κ2) is 5.30. The summed E-state index contributed by atoms with van der Waals surface area (Å²) in [6, 6.07) is 2.99. The molecule has 1 aromatic rings. The number of benzene rings is 1. The van der Waals surface area contributed by atoms with Crippen molar-refractivity contribution in [2.75, 3.05) is 11.4 Å². The third-order valence-electron chi connectivity index (χ3n) is 2.61. The minimum atomic E-state index is -1.01. The van der Waals surface area contributed by atoms with Gasteiger partial charge in [0, 0.05) is 26.7 Å². The molecule has 1 fully saturated rings. The molecule has 1 aliphatic heterocycles. The lowest BCUT2D eigenvalue weighted by atomic mass is 10.2. The van der Waals surface area contributed by atoms with Crippen LogP contribution in [0.5, 0.6) is 0 Å². The van der Waals surface area contributed by atoms with Crippen LogP contribution >= 0.6 is 47.8 Å². The maximum Gasteiger partial charge on any atom is 0.335 e. The molecule has 7 heteroatoms. The quantitative estimate of drug-likeness (QED) is 0.715. The molecule has 1 aromatic carbocycles. The molecule has 0 aliphatic carbocycles. The van der Waals surface area contributed by atoms with Crippen LogP contribution in [0, 0.1) is 0 Å². The van der Waals surface area contributed by atoms with E-state index in [0.29, 0.717) is 27.6 Å². The average molecular weight is 442 g/mol. The van der Waals surface area contributed by atoms with Crippen molar-refractivity contribution in [2.45, 2.75) is 11.2 Å². The lowest BCUT2D eigenvalue weighted by molar-refractivity contribution is -0.117. The van der Waals surface area contributed by atoms with Crippen LogP contribution in [0.2, 0.25) is 0 Å². The Morgan fingerprint density at radius 3 is 2.28 bits per heavy atom. The van der Waals surface area contributed by atoms with Gasteiger partial charge in [0.05, 0.1) is 11.3 Å². The number of carbonyl (C=O) groups is 2. The first kappa shape index (κ1) is 14.0. The summed E-state index contributed by atoms with van der Waals surface area (Å²) in [5.74, 6) is -0.990. The number of nitrogens with zero attached hydrogens (tertiary/aromatic N) is 1. The van der Waals surface area contributed by atoms with E-state index in [1.807, 2.05) is 0 Å². The number of halogens is 3. The van der Waals surface area contributed by atoms with Crippen LogP contribution in [0.1, 0.15) is 16.8 Å². The van der Waals surface area contributed by atoms with Gasteiger partial charge in [0.15, 0.2) is 0 Å². The van der Waals surface area contributed by atoms with Crippen molar-refractivity contribution in [3.63, 3.8) is 0 Å². The Morgan fingerprint density at radius 2 is 1.89 bits per heavy atom. The SMILES string of the molecule is O=C(O)c1cc(Br)c(N2CC(Br)CC2=O)c(Br)c1. The number of hydrogen-bond acceptors (Lipinski definition) is 2. The predicted octanol–water partition coefficient (Wildman–Crippen LogP) is 3.41. The van der Waals surface area contributed by atoms with Crippen molar-refractivity contribution >= 4 is 65.4 Å². The summed E-state index contributed by atoms with van der Waals surface area (Å²) in [7, 11) is 0. The fourth-order valence-electron chi connectivity index (χ4n) is 1.83. The van der Waals surface area contributed by atoms with E-state index in [2.05, 4.69) is 47.8 Å². The molecule has 18 heavy (non-hydrogen) atoms. The molecule has 96 valence electrons. The summed E-state index contributed by atoms with van der Waals surface area (Å²) in [4.78, 5) is 24.5. The molecule has 0 bridgehead atoms. The van der Waals surface area contributed by atoms with Gasteiger partial charge >= 0.3 is 5.97 Å². The Morgan fingerprint density at radius 1 is 1.33 bits per heavy atom. The first-order chi connectivity index (χ1) is 8.40. The van der Waals surface area contributed by atoms with E-state index in [1.54, 1.807) is 4.90 Å². The largest absolute Gasteiger partial charge is 0.478 e. The number of anilines is 1.